The van der Waals surface area contributed by atoms with Crippen LogP contribution in [0, 0.1) is 23.7 Å². The maximum Gasteiger partial charge on any atom is 0.309 e. The Kier molecular flexibility index (Phi) is 4.62. The number of hydrogen-bond acceptors (Lipinski definition) is 4. The smallest absolute Gasteiger partial charge is 0.309 e. The zero-order chi connectivity index (χ0) is 18.6. The van der Waals surface area contributed by atoms with Crippen molar-refractivity contribution >= 4 is 11.9 Å². The molecule has 26 heavy (non-hydrogen) atoms. The Morgan fingerprint density at radius 1 is 1.19 bits per heavy atom. The third-order valence-corrected chi connectivity index (χ3v) is 7.28. The number of aliphatic hydroxyl groups excluding tert-OH is 1. The molecule has 2 saturated heterocycles. The highest BCUT2D eigenvalue weighted by Crippen LogP contribution is 2.52. The van der Waals surface area contributed by atoms with Gasteiger partial charge in [-0.2, -0.15) is 0 Å². The summed E-state index contributed by atoms with van der Waals surface area (Å²) in [5.41, 5.74) is 2.78. The van der Waals surface area contributed by atoms with E-state index in [1.165, 1.54) is 11.1 Å². The summed E-state index contributed by atoms with van der Waals surface area (Å²) in [7, 11) is 0. The lowest BCUT2D eigenvalue weighted by Gasteiger charge is -2.42. The summed E-state index contributed by atoms with van der Waals surface area (Å²) in [6, 6.07) is -0.152. The van der Waals surface area contributed by atoms with Crippen molar-refractivity contribution in [3.8, 4) is 0 Å². The number of carbonyl (C=O) groups excluding carboxylic acids is 2. The number of aliphatic hydroxyl groups is 1. The lowest BCUT2D eigenvalue weighted by Crippen LogP contribution is -2.54. The summed E-state index contributed by atoms with van der Waals surface area (Å²) >= 11 is 0. The monoisotopic (exact) mass is 361 g/mol. The first kappa shape index (κ1) is 18.0. The fourth-order valence-corrected chi connectivity index (χ4v) is 5.94. The molecule has 144 valence electrons. The maximum absolute atomic E-state index is 12.8. The third-order valence-electron chi connectivity index (χ3n) is 7.28. The van der Waals surface area contributed by atoms with E-state index < -0.39 is 6.10 Å². The van der Waals surface area contributed by atoms with E-state index in [0.717, 1.165) is 32.2 Å². The second-order valence-corrected chi connectivity index (χ2v) is 8.75. The Labute approximate surface area is 155 Å². The number of rotatable bonds is 1. The molecule has 0 aromatic carbocycles. The normalized spacial score (nSPS) is 43.2. The second-order valence-electron chi connectivity index (χ2n) is 8.75. The lowest BCUT2D eigenvalue weighted by molar-refractivity contribution is -0.148. The van der Waals surface area contributed by atoms with Crippen LogP contribution in [-0.2, 0) is 14.3 Å². The van der Waals surface area contributed by atoms with Crippen molar-refractivity contribution in [1.82, 2.24) is 4.90 Å². The number of ether oxygens (including phenoxy) is 1. The summed E-state index contributed by atoms with van der Waals surface area (Å²) in [5, 5.41) is 10.8. The van der Waals surface area contributed by atoms with Crippen LogP contribution in [-0.4, -0.2) is 46.7 Å². The molecule has 7 atom stereocenters. The predicted molar refractivity (Wildman–Crippen MR) is 97.1 cm³/mol. The minimum absolute atomic E-state index is 0.0317. The van der Waals surface area contributed by atoms with Crippen molar-refractivity contribution in [2.75, 3.05) is 6.54 Å². The van der Waals surface area contributed by atoms with Crippen LogP contribution in [0.15, 0.2) is 11.1 Å². The Balaban J connectivity index is 1.72. The van der Waals surface area contributed by atoms with Crippen LogP contribution >= 0.6 is 0 Å². The molecule has 3 heterocycles. The van der Waals surface area contributed by atoms with Crippen molar-refractivity contribution in [2.45, 2.75) is 77.5 Å². The Morgan fingerprint density at radius 3 is 2.69 bits per heavy atom. The zero-order valence-electron chi connectivity index (χ0n) is 16.1. The number of nitrogens with zero attached hydrogens (tertiary/aromatic N) is 1. The van der Waals surface area contributed by atoms with Crippen molar-refractivity contribution in [3.63, 3.8) is 0 Å². The van der Waals surface area contributed by atoms with Gasteiger partial charge in [0.1, 0.15) is 6.10 Å². The van der Waals surface area contributed by atoms with Crippen LogP contribution < -0.4 is 0 Å². The van der Waals surface area contributed by atoms with Crippen molar-refractivity contribution in [1.29, 1.82) is 0 Å². The van der Waals surface area contributed by atoms with Gasteiger partial charge in [-0.15, -0.1) is 0 Å². The molecule has 5 nitrogen and oxygen atoms in total. The summed E-state index contributed by atoms with van der Waals surface area (Å²) in [6.45, 7) is 6.81. The molecule has 2 fully saturated rings. The first-order valence-corrected chi connectivity index (χ1v) is 10.3. The highest BCUT2D eigenvalue weighted by molar-refractivity contribution is 5.80. The Hall–Kier alpha value is -1.36. The average molecular weight is 361 g/mol. The highest BCUT2D eigenvalue weighted by Gasteiger charge is 2.54. The molecular formula is C21H31NO4. The third kappa shape index (κ3) is 2.62. The van der Waals surface area contributed by atoms with Crippen LogP contribution in [0.25, 0.3) is 0 Å². The van der Waals surface area contributed by atoms with Crippen molar-refractivity contribution < 1.29 is 19.4 Å². The number of amides is 1. The van der Waals surface area contributed by atoms with Gasteiger partial charge in [-0.25, -0.2) is 0 Å². The summed E-state index contributed by atoms with van der Waals surface area (Å²) in [4.78, 5) is 26.9. The first-order valence-electron chi connectivity index (χ1n) is 10.3. The first-order chi connectivity index (χ1) is 12.4. The average Bonchev–Trinajstić information content (AvgIpc) is 3.07. The van der Waals surface area contributed by atoms with E-state index in [1.54, 1.807) is 0 Å². The highest BCUT2D eigenvalue weighted by atomic mass is 16.6. The number of fused-ring (bicyclic) bond motifs is 3. The number of carbonyl (C=O) groups is 2. The van der Waals surface area contributed by atoms with Crippen LogP contribution in [0.3, 0.4) is 0 Å². The Bertz CT molecular complexity index is 642. The summed E-state index contributed by atoms with van der Waals surface area (Å²) in [6.07, 6.45) is 4.76. The Morgan fingerprint density at radius 2 is 1.96 bits per heavy atom. The largest absolute Gasteiger partial charge is 0.461 e. The molecule has 5 heteroatoms. The van der Waals surface area contributed by atoms with Gasteiger partial charge in [0.25, 0.3) is 0 Å². The van der Waals surface area contributed by atoms with E-state index >= 15 is 0 Å². The SMILES string of the molecule is CC[C@H]1C2=C(C[C@H]3[C@@H](O)C[C@H](C)C(=O)N3CCCC2)[C@@H]2[C@H]1OC(=O)[C@H]2C. The lowest BCUT2D eigenvalue weighted by atomic mass is 9.81. The molecule has 0 radical (unpaired) electrons. The fraction of sp³-hybridized carbons (Fsp3) is 0.810. The van der Waals surface area contributed by atoms with Gasteiger partial charge >= 0.3 is 5.97 Å². The molecule has 0 spiro atoms. The van der Waals surface area contributed by atoms with E-state index in [0.29, 0.717) is 18.8 Å². The molecule has 0 aromatic heterocycles. The number of piperidine rings is 1. The number of hydrogen-bond donors (Lipinski definition) is 1. The predicted octanol–water partition coefficient (Wildman–Crippen LogP) is 2.67. The summed E-state index contributed by atoms with van der Waals surface area (Å²) < 4.78 is 5.78. The molecule has 0 aromatic rings. The topological polar surface area (TPSA) is 66.8 Å². The van der Waals surface area contributed by atoms with Crippen LogP contribution in [0.4, 0.5) is 0 Å². The van der Waals surface area contributed by atoms with Gasteiger partial charge in [0.05, 0.1) is 18.1 Å². The van der Waals surface area contributed by atoms with Gasteiger partial charge in [-0.1, -0.05) is 31.9 Å². The molecule has 0 saturated carbocycles. The minimum atomic E-state index is -0.484. The molecule has 4 aliphatic rings. The molecule has 3 aliphatic heterocycles. The van der Waals surface area contributed by atoms with E-state index in [1.807, 2.05) is 18.7 Å². The van der Waals surface area contributed by atoms with E-state index in [9.17, 15) is 14.7 Å². The molecule has 4 rings (SSSR count). The molecule has 0 bridgehead atoms. The molecule has 0 unspecified atom stereocenters. The second kappa shape index (κ2) is 6.66. The number of esters is 1. The van der Waals surface area contributed by atoms with Gasteiger partial charge in [-0.05, 0) is 38.5 Å². The van der Waals surface area contributed by atoms with Gasteiger partial charge in [0.15, 0.2) is 0 Å². The van der Waals surface area contributed by atoms with E-state index in [2.05, 4.69) is 6.92 Å². The zero-order valence-corrected chi connectivity index (χ0v) is 16.1. The molecule has 1 aliphatic carbocycles. The maximum atomic E-state index is 12.8. The van der Waals surface area contributed by atoms with Gasteiger partial charge in [0.2, 0.25) is 5.91 Å². The van der Waals surface area contributed by atoms with Crippen LogP contribution in [0.1, 0.15) is 59.3 Å². The summed E-state index contributed by atoms with van der Waals surface area (Å²) in [5.74, 6) is 0.305. The van der Waals surface area contributed by atoms with Crippen LogP contribution in [0.5, 0.6) is 0 Å². The minimum Gasteiger partial charge on any atom is -0.461 e. The van der Waals surface area contributed by atoms with E-state index in [4.69, 9.17) is 4.74 Å². The van der Waals surface area contributed by atoms with Crippen LogP contribution in [0.2, 0.25) is 0 Å². The molecular weight excluding hydrogens is 330 g/mol. The van der Waals surface area contributed by atoms with E-state index in [-0.39, 0.29) is 41.8 Å². The molecule has 1 amide bonds. The van der Waals surface area contributed by atoms with Crippen molar-refractivity contribution in [3.05, 3.63) is 11.1 Å². The fourth-order valence-electron chi connectivity index (χ4n) is 5.94. The molecule has 1 N–H and O–H groups in total. The van der Waals surface area contributed by atoms with Crippen molar-refractivity contribution in [2.24, 2.45) is 23.7 Å². The van der Waals surface area contributed by atoms with Gasteiger partial charge in [0, 0.05) is 24.3 Å². The quantitative estimate of drug-likeness (QED) is 0.576. The van der Waals surface area contributed by atoms with Gasteiger partial charge in [-0.3, -0.25) is 9.59 Å². The standard InChI is InChI=1S/C21H31NO4/c1-4-13-14-7-5-6-8-22-16(17(23)9-11(2)20(22)24)10-15(14)18-12(3)21(25)26-19(13)18/h11-13,16-19,23H,4-10H2,1-3H3/t11-,12-,13-,16-,17-,18+,19-/m0/s1. The van der Waals surface area contributed by atoms with Gasteiger partial charge < -0.3 is 14.7 Å².